The molecule has 7 heteroatoms. The number of piperidine rings is 1. The molecule has 29 heavy (non-hydrogen) atoms. The summed E-state index contributed by atoms with van der Waals surface area (Å²) in [5.41, 5.74) is 1.69. The van der Waals surface area contributed by atoms with Crippen molar-refractivity contribution < 1.29 is 13.2 Å². The van der Waals surface area contributed by atoms with Gasteiger partial charge in [-0.25, -0.2) is 8.42 Å². The summed E-state index contributed by atoms with van der Waals surface area (Å²) in [6.45, 7) is 2.92. The number of benzene rings is 2. The normalized spacial score (nSPS) is 17.8. The van der Waals surface area contributed by atoms with Crippen LogP contribution in [-0.4, -0.2) is 44.0 Å². The largest absolute Gasteiger partial charge is 0.352 e. The van der Waals surface area contributed by atoms with Crippen molar-refractivity contribution in [3.8, 4) is 0 Å². The Bertz CT molecular complexity index is 943. The molecule has 1 aliphatic heterocycles. The third-order valence-electron chi connectivity index (χ3n) is 5.32. The van der Waals surface area contributed by atoms with Gasteiger partial charge in [0, 0.05) is 24.0 Å². The third kappa shape index (κ3) is 5.21. The van der Waals surface area contributed by atoms with E-state index in [1.165, 1.54) is 11.8 Å². The summed E-state index contributed by atoms with van der Waals surface area (Å²) in [5.74, 6) is -0.112. The van der Waals surface area contributed by atoms with Crippen molar-refractivity contribution in [3.63, 3.8) is 0 Å². The lowest BCUT2D eigenvalue weighted by atomic mass is 10.0. The highest BCUT2D eigenvalue weighted by atomic mass is 32.2. The quantitative estimate of drug-likeness (QED) is 0.670. The molecule has 0 radical (unpaired) electrons. The Morgan fingerprint density at radius 1 is 1.14 bits per heavy atom. The lowest BCUT2D eigenvalue weighted by molar-refractivity contribution is 0.0946. The molecule has 0 aliphatic carbocycles. The molecule has 1 heterocycles. The summed E-state index contributed by atoms with van der Waals surface area (Å²) in [6.07, 6.45) is 5.26. The van der Waals surface area contributed by atoms with Crippen molar-refractivity contribution in [2.45, 2.75) is 48.4 Å². The van der Waals surface area contributed by atoms with Crippen LogP contribution < -0.4 is 5.32 Å². The van der Waals surface area contributed by atoms with Gasteiger partial charge in [-0.2, -0.15) is 4.31 Å². The molecule has 2 aromatic carbocycles. The van der Waals surface area contributed by atoms with Crippen LogP contribution in [0.4, 0.5) is 0 Å². The Hall–Kier alpha value is -1.83. The van der Waals surface area contributed by atoms with Crippen LogP contribution in [0.5, 0.6) is 0 Å². The predicted octanol–water partition coefficient (Wildman–Crippen LogP) is 4.08. The van der Waals surface area contributed by atoms with Crippen LogP contribution in [0, 0.1) is 6.92 Å². The Kier molecular flexibility index (Phi) is 7.38. The molecule has 5 nitrogen and oxygen atoms in total. The molecule has 1 amide bonds. The number of aryl methyl sites for hydroxylation is 1. The molecule has 1 saturated heterocycles. The summed E-state index contributed by atoms with van der Waals surface area (Å²) in [4.78, 5) is 13.8. The van der Waals surface area contributed by atoms with Crippen molar-refractivity contribution >= 4 is 27.7 Å². The van der Waals surface area contributed by atoms with Crippen molar-refractivity contribution in [1.29, 1.82) is 0 Å². The second kappa shape index (κ2) is 9.78. The number of nitrogens with zero attached hydrogens (tertiary/aromatic N) is 1. The zero-order chi connectivity index (χ0) is 20.9. The molecular formula is C22H28N2O3S2. The van der Waals surface area contributed by atoms with Gasteiger partial charge in [-0.3, -0.25) is 4.79 Å². The van der Waals surface area contributed by atoms with E-state index in [1.807, 2.05) is 49.6 Å². The van der Waals surface area contributed by atoms with Crippen LogP contribution in [0.1, 0.15) is 41.6 Å². The zero-order valence-electron chi connectivity index (χ0n) is 16.9. The Balaban J connectivity index is 1.66. The van der Waals surface area contributed by atoms with Gasteiger partial charge in [0.2, 0.25) is 10.0 Å². The summed E-state index contributed by atoms with van der Waals surface area (Å²) >= 11 is 1.54. The number of amides is 1. The number of carbonyl (C=O) groups excluding carboxylic acids is 1. The van der Waals surface area contributed by atoms with Crippen LogP contribution in [0.2, 0.25) is 0 Å². The maximum absolute atomic E-state index is 13.1. The molecule has 0 spiro atoms. The van der Waals surface area contributed by atoms with Crippen LogP contribution in [0.3, 0.4) is 0 Å². The first-order chi connectivity index (χ1) is 13.9. The lowest BCUT2D eigenvalue weighted by Gasteiger charge is -2.34. The first kappa shape index (κ1) is 21.9. The molecule has 1 fully saturated rings. The van der Waals surface area contributed by atoms with E-state index >= 15 is 0 Å². The fourth-order valence-corrected chi connectivity index (χ4v) is 6.02. The van der Waals surface area contributed by atoms with Gasteiger partial charge in [0.15, 0.2) is 0 Å². The standard InChI is InChI=1S/C22H28N2O3S2/c1-17-10-12-19(13-11-17)29(26,27)24-16-6-5-7-18(24)14-15-23-22(25)20-8-3-4-9-21(20)28-2/h3-4,8-13,18H,5-7,14-16H2,1-2H3,(H,23,25). The van der Waals surface area contributed by atoms with E-state index in [0.29, 0.717) is 30.0 Å². The summed E-state index contributed by atoms with van der Waals surface area (Å²) < 4.78 is 27.9. The van der Waals surface area contributed by atoms with E-state index in [-0.39, 0.29) is 11.9 Å². The van der Waals surface area contributed by atoms with Crippen molar-refractivity contribution in [1.82, 2.24) is 9.62 Å². The molecule has 3 rings (SSSR count). The van der Waals surface area contributed by atoms with E-state index in [9.17, 15) is 13.2 Å². The Labute approximate surface area is 177 Å². The maximum atomic E-state index is 13.1. The van der Waals surface area contributed by atoms with E-state index in [1.54, 1.807) is 16.4 Å². The highest BCUT2D eigenvalue weighted by Gasteiger charge is 2.33. The SMILES string of the molecule is CSc1ccccc1C(=O)NCCC1CCCCN1S(=O)(=O)c1ccc(C)cc1. The molecule has 0 aromatic heterocycles. The Morgan fingerprint density at radius 2 is 1.86 bits per heavy atom. The fourth-order valence-electron chi connectivity index (χ4n) is 3.70. The van der Waals surface area contributed by atoms with Gasteiger partial charge in [-0.05, 0) is 56.7 Å². The van der Waals surface area contributed by atoms with Gasteiger partial charge < -0.3 is 5.32 Å². The minimum absolute atomic E-state index is 0.0915. The number of rotatable bonds is 7. The maximum Gasteiger partial charge on any atom is 0.252 e. The molecule has 1 atom stereocenters. The van der Waals surface area contributed by atoms with Crippen LogP contribution >= 0.6 is 11.8 Å². The van der Waals surface area contributed by atoms with Crippen molar-refractivity contribution in [3.05, 3.63) is 59.7 Å². The zero-order valence-corrected chi connectivity index (χ0v) is 18.6. The smallest absolute Gasteiger partial charge is 0.252 e. The van der Waals surface area contributed by atoms with Crippen molar-refractivity contribution in [2.75, 3.05) is 19.3 Å². The molecule has 1 aliphatic rings. The average molecular weight is 433 g/mol. The van der Waals surface area contributed by atoms with Gasteiger partial charge in [0.1, 0.15) is 0 Å². The minimum Gasteiger partial charge on any atom is -0.352 e. The average Bonchev–Trinajstić information content (AvgIpc) is 2.74. The molecular weight excluding hydrogens is 404 g/mol. The molecule has 1 unspecified atom stereocenters. The predicted molar refractivity (Wildman–Crippen MR) is 118 cm³/mol. The van der Waals surface area contributed by atoms with Gasteiger partial charge in [0.05, 0.1) is 10.5 Å². The van der Waals surface area contributed by atoms with Gasteiger partial charge in [-0.15, -0.1) is 11.8 Å². The van der Waals surface area contributed by atoms with E-state index in [4.69, 9.17) is 0 Å². The highest BCUT2D eigenvalue weighted by Crippen LogP contribution is 2.27. The topological polar surface area (TPSA) is 66.5 Å². The number of nitrogens with one attached hydrogen (secondary N) is 1. The first-order valence-corrected chi connectivity index (χ1v) is 12.6. The van der Waals surface area contributed by atoms with Crippen molar-refractivity contribution in [2.24, 2.45) is 0 Å². The second-order valence-electron chi connectivity index (χ2n) is 7.32. The summed E-state index contributed by atoms with van der Waals surface area (Å²) in [6, 6.07) is 14.4. The fraction of sp³-hybridized carbons (Fsp3) is 0.409. The number of thioether (sulfide) groups is 1. The number of sulfonamides is 1. The molecule has 156 valence electrons. The molecule has 0 saturated carbocycles. The number of hydrogen-bond donors (Lipinski definition) is 1. The van der Waals surface area contributed by atoms with Crippen LogP contribution in [0.15, 0.2) is 58.3 Å². The number of hydrogen-bond acceptors (Lipinski definition) is 4. The summed E-state index contributed by atoms with van der Waals surface area (Å²) in [5, 5.41) is 2.97. The van der Waals surface area contributed by atoms with Gasteiger partial charge in [-0.1, -0.05) is 36.2 Å². The lowest BCUT2D eigenvalue weighted by Crippen LogP contribution is -2.45. The molecule has 2 aromatic rings. The first-order valence-electron chi connectivity index (χ1n) is 9.93. The third-order valence-corrected chi connectivity index (χ3v) is 8.08. The summed E-state index contributed by atoms with van der Waals surface area (Å²) in [7, 11) is -3.52. The van der Waals surface area contributed by atoms with E-state index in [0.717, 1.165) is 29.7 Å². The Morgan fingerprint density at radius 3 is 2.59 bits per heavy atom. The number of carbonyl (C=O) groups is 1. The molecule has 0 bridgehead atoms. The van der Waals surface area contributed by atoms with Crippen LogP contribution in [-0.2, 0) is 10.0 Å². The van der Waals surface area contributed by atoms with E-state index in [2.05, 4.69) is 5.32 Å². The van der Waals surface area contributed by atoms with Crippen LogP contribution in [0.25, 0.3) is 0 Å². The highest BCUT2D eigenvalue weighted by molar-refractivity contribution is 7.98. The minimum atomic E-state index is -3.52. The molecule has 1 N–H and O–H groups in total. The van der Waals surface area contributed by atoms with Gasteiger partial charge in [0.25, 0.3) is 5.91 Å². The van der Waals surface area contributed by atoms with Gasteiger partial charge >= 0.3 is 0 Å². The van der Waals surface area contributed by atoms with E-state index < -0.39 is 10.0 Å². The second-order valence-corrected chi connectivity index (χ2v) is 10.1. The monoisotopic (exact) mass is 432 g/mol.